The zero-order valence-electron chi connectivity index (χ0n) is 17.7. The average molecular weight is 435 g/mol. The van der Waals surface area contributed by atoms with E-state index in [9.17, 15) is 4.79 Å². The second kappa shape index (κ2) is 9.99. The van der Waals surface area contributed by atoms with Crippen molar-refractivity contribution in [3.8, 4) is 16.9 Å². The molecular weight excluding hydrogens is 408 g/mol. The topological polar surface area (TPSA) is 41.6 Å². The molecule has 31 heavy (non-hydrogen) atoms. The van der Waals surface area contributed by atoms with Crippen molar-refractivity contribution >= 4 is 17.5 Å². The Morgan fingerprint density at radius 3 is 2.55 bits per heavy atom. The molecule has 1 heterocycles. The van der Waals surface area contributed by atoms with Crippen molar-refractivity contribution in [3.63, 3.8) is 0 Å². The number of rotatable bonds is 7. The molecule has 1 fully saturated rings. The molecule has 0 aromatic heterocycles. The van der Waals surface area contributed by atoms with Gasteiger partial charge in [0.15, 0.2) is 0 Å². The van der Waals surface area contributed by atoms with Crippen LogP contribution in [0.1, 0.15) is 24.0 Å². The van der Waals surface area contributed by atoms with Crippen molar-refractivity contribution in [2.45, 2.75) is 32.0 Å². The molecule has 0 saturated carbocycles. The normalized spacial score (nSPS) is 16.3. The summed E-state index contributed by atoms with van der Waals surface area (Å²) in [5, 5.41) is 3.79. The van der Waals surface area contributed by atoms with E-state index in [4.69, 9.17) is 16.3 Å². The number of nitrogens with zero attached hydrogens (tertiary/aromatic N) is 1. The quantitative estimate of drug-likeness (QED) is 0.548. The van der Waals surface area contributed by atoms with Gasteiger partial charge in [-0.3, -0.25) is 9.69 Å². The fraction of sp³-hybridized carbons (Fsp3) is 0.269. The van der Waals surface area contributed by atoms with E-state index in [1.165, 1.54) is 5.56 Å². The summed E-state index contributed by atoms with van der Waals surface area (Å²) < 4.78 is 5.36. The van der Waals surface area contributed by atoms with Crippen LogP contribution in [0.5, 0.6) is 5.75 Å². The van der Waals surface area contributed by atoms with Crippen molar-refractivity contribution in [2.24, 2.45) is 0 Å². The minimum Gasteiger partial charge on any atom is -0.497 e. The van der Waals surface area contributed by atoms with E-state index in [0.29, 0.717) is 11.6 Å². The molecule has 1 saturated heterocycles. The molecule has 4 nitrogen and oxygen atoms in total. The summed E-state index contributed by atoms with van der Waals surface area (Å²) in [6, 6.07) is 24.1. The Labute approximate surface area is 188 Å². The first kappa shape index (κ1) is 21.4. The van der Waals surface area contributed by atoms with Gasteiger partial charge in [-0.2, -0.15) is 0 Å². The summed E-state index contributed by atoms with van der Waals surface area (Å²) in [5.41, 5.74) is 4.53. The lowest BCUT2D eigenvalue weighted by Crippen LogP contribution is -2.42. The highest BCUT2D eigenvalue weighted by Gasteiger charge is 2.30. The number of methoxy groups -OCH3 is 1. The lowest BCUT2D eigenvalue weighted by atomic mass is 10.0. The maximum atomic E-state index is 12.9. The lowest BCUT2D eigenvalue weighted by Gasteiger charge is -2.24. The van der Waals surface area contributed by atoms with Crippen LogP contribution >= 0.6 is 11.6 Å². The standard InChI is InChI=1S/C26H27ClN2O2/c1-31-24-8-3-7-22(16-24)21-6-2-5-20(15-21)18-29-14-4-9-25(29)26(30)28-17-19-10-12-23(27)13-11-19/h2-3,5-8,10-13,15-16,25H,4,9,14,17-18H2,1H3,(H,28,30). The molecule has 0 spiro atoms. The van der Waals surface area contributed by atoms with Crippen molar-refractivity contribution in [1.82, 2.24) is 10.2 Å². The van der Waals surface area contributed by atoms with Gasteiger partial charge in [0.1, 0.15) is 5.75 Å². The molecule has 1 aliphatic rings. The summed E-state index contributed by atoms with van der Waals surface area (Å²) in [6.07, 6.45) is 1.93. The molecule has 0 aliphatic carbocycles. The number of ether oxygens (including phenoxy) is 1. The van der Waals surface area contributed by atoms with Crippen LogP contribution in [-0.2, 0) is 17.9 Å². The van der Waals surface area contributed by atoms with Gasteiger partial charge < -0.3 is 10.1 Å². The van der Waals surface area contributed by atoms with Gasteiger partial charge in [-0.1, -0.05) is 54.1 Å². The third-order valence-electron chi connectivity index (χ3n) is 5.76. The van der Waals surface area contributed by atoms with Gasteiger partial charge in [-0.05, 0) is 72.0 Å². The number of nitrogens with one attached hydrogen (secondary N) is 1. The number of likely N-dealkylation sites (tertiary alicyclic amines) is 1. The Morgan fingerprint density at radius 1 is 1.03 bits per heavy atom. The maximum Gasteiger partial charge on any atom is 0.237 e. The number of halogens is 1. The van der Waals surface area contributed by atoms with Crippen molar-refractivity contribution in [3.05, 3.63) is 88.9 Å². The SMILES string of the molecule is COc1cccc(-c2cccc(CN3CCCC3C(=O)NCc3ccc(Cl)cc3)c2)c1. The van der Waals surface area contributed by atoms with Crippen molar-refractivity contribution < 1.29 is 9.53 Å². The fourth-order valence-corrected chi connectivity index (χ4v) is 4.23. The molecule has 160 valence electrons. The van der Waals surface area contributed by atoms with Crippen LogP contribution in [-0.4, -0.2) is 30.5 Å². The number of carbonyl (C=O) groups excluding carboxylic acids is 1. The Balaban J connectivity index is 1.41. The Bertz CT molecular complexity index is 1040. The average Bonchev–Trinajstić information content (AvgIpc) is 3.27. The third-order valence-corrected chi connectivity index (χ3v) is 6.01. The van der Waals surface area contributed by atoms with Crippen LogP contribution < -0.4 is 10.1 Å². The van der Waals surface area contributed by atoms with E-state index in [1.807, 2.05) is 42.5 Å². The summed E-state index contributed by atoms with van der Waals surface area (Å²) in [4.78, 5) is 15.1. The van der Waals surface area contributed by atoms with Crippen molar-refractivity contribution in [2.75, 3.05) is 13.7 Å². The molecule has 1 atom stereocenters. The van der Waals surface area contributed by atoms with Gasteiger partial charge >= 0.3 is 0 Å². The number of hydrogen-bond donors (Lipinski definition) is 1. The molecule has 1 amide bonds. The molecule has 3 aromatic rings. The highest BCUT2D eigenvalue weighted by Crippen LogP contribution is 2.26. The summed E-state index contributed by atoms with van der Waals surface area (Å²) in [7, 11) is 1.68. The molecule has 1 N–H and O–H groups in total. The number of benzene rings is 3. The van der Waals surface area contributed by atoms with Crippen LogP contribution in [0.4, 0.5) is 0 Å². The highest BCUT2D eigenvalue weighted by atomic mass is 35.5. The first-order valence-electron chi connectivity index (χ1n) is 10.6. The van der Waals surface area contributed by atoms with Crippen LogP contribution in [0, 0.1) is 0 Å². The monoisotopic (exact) mass is 434 g/mol. The Kier molecular flexibility index (Phi) is 6.90. The van der Waals surface area contributed by atoms with Gasteiger partial charge in [0.05, 0.1) is 13.2 Å². The zero-order valence-corrected chi connectivity index (χ0v) is 18.4. The van der Waals surface area contributed by atoms with Crippen LogP contribution in [0.2, 0.25) is 5.02 Å². The number of amides is 1. The molecular formula is C26H27ClN2O2. The van der Waals surface area contributed by atoms with Gasteiger partial charge in [0, 0.05) is 18.1 Å². The van der Waals surface area contributed by atoms with Gasteiger partial charge in [-0.25, -0.2) is 0 Å². The highest BCUT2D eigenvalue weighted by molar-refractivity contribution is 6.30. The number of hydrogen-bond acceptors (Lipinski definition) is 3. The minimum absolute atomic E-state index is 0.0900. The largest absolute Gasteiger partial charge is 0.497 e. The maximum absolute atomic E-state index is 12.9. The first-order valence-corrected chi connectivity index (χ1v) is 11.0. The Hall–Kier alpha value is -2.82. The smallest absolute Gasteiger partial charge is 0.237 e. The van der Waals surface area contributed by atoms with E-state index in [0.717, 1.165) is 48.4 Å². The fourth-order valence-electron chi connectivity index (χ4n) is 4.11. The first-order chi connectivity index (χ1) is 15.1. The molecule has 5 heteroatoms. The van der Waals surface area contributed by atoms with Crippen LogP contribution in [0.25, 0.3) is 11.1 Å². The van der Waals surface area contributed by atoms with E-state index in [-0.39, 0.29) is 11.9 Å². The lowest BCUT2D eigenvalue weighted by molar-refractivity contribution is -0.125. The van der Waals surface area contributed by atoms with Gasteiger partial charge in [0.2, 0.25) is 5.91 Å². The van der Waals surface area contributed by atoms with E-state index in [2.05, 4.69) is 40.5 Å². The van der Waals surface area contributed by atoms with Gasteiger partial charge in [-0.15, -0.1) is 0 Å². The predicted molar refractivity (Wildman–Crippen MR) is 125 cm³/mol. The van der Waals surface area contributed by atoms with Crippen LogP contribution in [0.15, 0.2) is 72.8 Å². The predicted octanol–water partition coefficient (Wildman–Crippen LogP) is 5.30. The minimum atomic E-state index is -0.0900. The van der Waals surface area contributed by atoms with Gasteiger partial charge in [0.25, 0.3) is 0 Å². The zero-order chi connectivity index (χ0) is 21.6. The van der Waals surface area contributed by atoms with Crippen molar-refractivity contribution in [1.29, 1.82) is 0 Å². The molecule has 0 radical (unpaired) electrons. The molecule has 0 bridgehead atoms. The Morgan fingerprint density at radius 2 is 1.77 bits per heavy atom. The second-order valence-corrected chi connectivity index (χ2v) is 8.34. The second-order valence-electron chi connectivity index (χ2n) is 7.91. The third kappa shape index (κ3) is 5.46. The van der Waals surface area contributed by atoms with Crippen LogP contribution in [0.3, 0.4) is 0 Å². The summed E-state index contributed by atoms with van der Waals surface area (Å²) in [5.74, 6) is 0.941. The van der Waals surface area contributed by atoms with E-state index in [1.54, 1.807) is 7.11 Å². The summed E-state index contributed by atoms with van der Waals surface area (Å²) >= 11 is 5.94. The molecule has 3 aromatic carbocycles. The number of carbonyl (C=O) groups is 1. The van der Waals surface area contributed by atoms with E-state index < -0.39 is 0 Å². The molecule has 1 aliphatic heterocycles. The summed E-state index contributed by atoms with van der Waals surface area (Å²) in [6.45, 7) is 2.21. The van der Waals surface area contributed by atoms with E-state index >= 15 is 0 Å². The molecule has 1 unspecified atom stereocenters. The molecule has 4 rings (SSSR count).